The molecule has 2 aromatic carbocycles. The summed E-state index contributed by atoms with van der Waals surface area (Å²) in [4.78, 5) is 31.9. The number of para-hydroxylation sites is 2. The van der Waals surface area contributed by atoms with Gasteiger partial charge in [0.1, 0.15) is 11.2 Å². The van der Waals surface area contributed by atoms with Crippen LogP contribution in [0.5, 0.6) is 0 Å². The molecule has 0 fully saturated rings. The summed E-state index contributed by atoms with van der Waals surface area (Å²) in [6.45, 7) is 0. The molecule has 0 atom stereocenters. The molecule has 0 saturated heterocycles. The molecule has 2 aromatic heterocycles. The summed E-state index contributed by atoms with van der Waals surface area (Å²) in [6, 6.07) is 14.1. The van der Waals surface area contributed by atoms with Crippen molar-refractivity contribution in [1.82, 2.24) is 9.97 Å². The van der Waals surface area contributed by atoms with Gasteiger partial charge in [-0.05, 0) is 37.1 Å². The van der Waals surface area contributed by atoms with Crippen molar-refractivity contribution in [2.45, 2.75) is 25.7 Å². The number of hydrogen-bond donors (Lipinski definition) is 0. The lowest BCUT2D eigenvalue weighted by atomic mass is 10.2. The maximum atomic E-state index is 12.0. The van der Waals surface area contributed by atoms with Crippen LogP contribution >= 0.6 is 0 Å². The Labute approximate surface area is 148 Å². The van der Waals surface area contributed by atoms with Gasteiger partial charge in [0.15, 0.2) is 11.8 Å². The third-order valence-corrected chi connectivity index (χ3v) is 4.17. The second-order valence-corrected chi connectivity index (χ2v) is 6.02. The summed E-state index contributed by atoms with van der Waals surface area (Å²) in [5.74, 6) is 0.836. The molecule has 0 amide bonds. The fraction of sp³-hybridized carbons (Fsp3) is 0.200. The highest BCUT2D eigenvalue weighted by Crippen LogP contribution is 2.14. The SMILES string of the molecule is O=c1nc(CCCCc2nc(=O)c3ccccc3o2)oc2ccccc12. The van der Waals surface area contributed by atoms with E-state index in [2.05, 4.69) is 9.97 Å². The van der Waals surface area contributed by atoms with Crippen molar-refractivity contribution < 1.29 is 8.83 Å². The average molecular weight is 348 g/mol. The molecule has 0 aliphatic carbocycles. The van der Waals surface area contributed by atoms with Crippen LogP contribution in [0.2, 0.25) is 0 Å². The van der Waals surface area contributed by atoms with E-state index in [9.17, 15) is 9.59 Å². The van der Waals surface area contributed by atoms with E-state index in [-0.39, 0.29) is 11.1 Å². The molecule has 0 aliphatic rings. The highest BCUT2D eigenvalue weighted by atomic mass is 16.3. The summed E-state index contributed by atoms with van der Waals surface area (Å²) in [7, 11) is 0. The maximum absolute atomic E-state index is 12.0. The Kier molecular flexibility index (Phi) is 4.31. The van der Waals surface area contributed by atoms with E-state index in [1.165, 1.54) is 0 Å². The summed E-state index contributed by atoms with van der Waals surface area (Å²) >= 11 is 0. The fourth-order valence-corrected chi connectivity index (χ4v) is 2.88. The first kappa shape index (κ1) is 16.2. The van der Waals surface area contributed by atoms with Crippen molar-refractivity contribution in [3.05, 3.63) is 81.0 Å². The lowest BCUT2D eigenvalue weighted by Gasteiger charge is -2.03. The number of benzene rings is 2. The first-order valence-corrected chi connectivity index (χ1v) is 8.48. The van der Waals surface area contributed by atoms with Crippen LogP contribution in [0, 0.1) is 0 Å². The zero-order valence-electron chi connectivity index (χ0n) is 14.0. The quantitative estimate of drug-likeness (QED) is 0.515. The minimum atomic E-state index is -0.274. The van der Waals surface area contributed by atoms with Gasteiger partial charge in [0.05, 0.1) is 10.8 Å². The minimum absolute atomic E-state index is 0.274. The number of rotatable bonds is 5. The summed E-state index contributed by atoms with van der Waals surface area (Å²) in [5, 5.41) is 0.969. The van der Waals surface area contributed by atoms with Crippen molar-refractivity contribution in [3.8, 4) is 0 Å². The number of aromatic nitrogens is 2. The maximum Gasteiger partial charge on any atom is 0.283 e. The molecule has 6 nitrogen and oxygen atoms in total. The lowest BCUT2D eigenvalue weighted by molar-refractivity contribution is 0.468. The molecular weight excluding hydrogens is 332 g/mol. The molecular formula is C20H16N2O4. The van der Waals surface area contributed by atoms with E-state index < -0.39 is 0 Å². The summed E-state index contributed by atoms with van der Waals surface area (Å²) in [5.41, 5.74) is 0.544. The largest absolute Gasteiger partial charge is 0.442 e. The highest BCUT2D eigenvalue weighted by Gasteiger charge is 2.08. The molecule has 4 rings (SSSR count). The molecule has 26 heavy (non-hydrogen) atoms. The number of hydrogen-bond acceptors (Lipinski definition) is 6. The van der Waals surface area contributed by atoms with Crippen molar-refractivity contribution in [1.29, 1.82) is 0 Å². The van der Waals surface area contributed by atoms with E-state index in [1.807, 2.05) is 12.1 Å². The van der Waals surface area contributed by atoms with Gasteiger partial charge < -0.3 is 8.83 Å². The van der Waals surface area contributed by atoms with Crippen LogP contribution in [0.3, 0.4) is 0 Å². The van der Waals surface area contributed by atoms with Gasteiger partial charge in [-0.15, -0.1) is 0 Å². The lowest BCUT2D eigenvalue weighted by Crippen LogP contribution is -2.10. The van der Waals surface area contributed by atoms with Gasteiger partial charge in [-0.2, -0.15) is 9.97 Å². The van der Waals surface area contributed by atoms with E-state index >= 15 is 0 Å². The molecule has 0 N–H and O–H groups in total. The molecule has 6 heteroatoms. The molecule has 0 aliphatic heterocycles. The van der Waals surface area contributed by atoms with Gasteiger partial charge in [-0.25, -0.2) is 0 Å². The van der Waals surface area contributed by atoms with E-state index in [1.54, 1.807) is 36.4 Å². The van der Waals surface area contributed by atoms with Crippen LogP contribution in [-0.2, 0) is 12.8 Å². The van der Waals surface area contributed by atoms with Crippen LogP contribution in [0.15, 0.2) is 67.0 Å². The number of fused-ring (bicyclic) bond motifs is 2. The number of unbranched alkanes of at least 4 members (excludes halogenated alkanes) is 1. The molecule has 0 saturated carbocycles. The van der Waals surface area contributed by atoms with Crippen molar-refractivity contribution in [2.24, 2.45) is 0 Å². The number of aryl methyl sites for hydroxylation is 2. The average Bonchev–Trinajstić information content (AvgIpc) is 2.65. The van der Waals surface area contributed by atoms with E-state index in [4.69, 9.17) is 8.83 Å². The summed E-state index contributed by atoms with van der Waals surface area (Å²) in [6.07, 6.45) is 2.56. The van der Waals surface area contributed by atoms with Crippen LogP contribution in [0.4, 0.5) is 0 Å². The van der Waals surface area contributed by atoms with Crippen molar-refractivity contribution >= 4 is 21.9 Å². The zero-order chi connectivity index (χ0) is 17.9. The van der Waals surface area contributed by atoms with Gasteiger partial charge in [0.2, 0.25) is 0 Å². The predicted octanol–water partition coefficient (Wildman–Crippen LogP) is 3.25. The van der Waals surface area contributed by atoms with Gasteiger partial charge in [-0.1, -0.05) is 24.3 Å². The highest BCUT2D eigenvalue weighted by molar-refractivity contribution is 5.75. The molecule has 0 radical (unpaired) electrons. The Morgan fingerprint density at radius 2 is 1.08 bits per heavy atom. The fourth-order valence-electron chi connectivity index (χ4n) is 2.88. The molecule has 0 spiro atoms. The number of nitrogens with zero attached hydrogens (tertiary/aromatic N) is 2. The Hall–Kier alpha value is -3.28. The summed E-state index contributed by atoms with van der Waals surface area (Å²) < 4.78 is 11.3. The minimum Gasteiger partial charge on any atom is -0.442 e. The van der Waals surface area contributed by atoms with Crippen molar-refractivity contribution in [3.63, 3.8) is 0 Å². The molecule has 0 bridgehead atoms. The predicted molar refractivity (Wildman–Crippen MR) is 97.2 cm³/mol. The third kappa shape index (κ3) is 3.26. The van der Waals surface area contributed by atoms with Crippen LogP contribution in [0.25, 0.3) is 21.9 Å². The van der Waals surface area contributed by atoms with Gasteiger partial charge in [-0.3, -0.25) is 9.59 Å². The Morgan fingerprint density at radius 3 is 1.54 bits per heavy atom. The second kappa shape index (κ2) is 6.92. The van der Waals surface area contributed by atoms with Crippen LogP contribution in [0.1, 0.15) is 24.6 Å². The first-order valence-electron chi connectivity index (χ1n) is 8.48. The van der Waals surface area contributed by atoms with Crippen LogP contribution < -0.4 is 11.1 Å². The van der Waals surface area contributed by atoms with Crippen molar-refractivity contribution in [2.75, 3.05) is 0 Å². The normalized spacial score (nSPS) is 11.2. The Bertz CT molecular complexity index is 1100. The molecule has 4 aromatic rings. The standard InChI is InChI=1S/C20H16N2O4/c23-19-13-7-1-3-9-15(13)25-17(21-19)11-5-6-12-18-22-20(24)14-8-2-4-10-16(14)26-18/h1-4,7-10H,5-6,11-12H2. The first-order chi connectivity index (χ1) is 12.7. The van der Waals surface area contributed by atoms with Gasteiger partial charge in [0, 0.05) is 12.8 Å². The smallest absolute Gasteiger partial charge is 0.283 e. The zero-order valence-corrected chi connectivity index (χ0v) is 14.0. The second-order valence-electron chi connectivity index (χ2n) is 6.02. The van der Waals surface area contributed by atoms with E-state index in [0.717, 1.165) is 12.8 Å². The Morgan fingerprint density at radius 1 is 0.654 bits per heavy atom. The van der Waals surface area contributed by atoms with Gasteiger partial charge >= 0.3 is 0 Å². The van der Waals surface area contributed by atoms with Gasteiger partial charge in [0.25, 0.3) is 11.1 Å². The third-order valence-electron chi connectivity index (χ3n) is 4.17. The van der Waals surface area contributed by atoms with Crippen LogP contribution in [-0.4, -0.2) is 9.97 Å². The monoisotopic (exact) mass is 348 g/mol. The molecule has 130 valence electrons. The topological polar surface area (TPSA) is 86.2 Å². The van der Waals surface area contributed by atoms with E-state index in [0.29, 0.717) is 46.6 Å². The molecule has 0 unspecified atom stereocenters. The Balaban J connectivity index is 1.43. The molecule has 2 heterocycles.